The van der Waals surface area contributed by atoms with E-state index in [9.17, 15) is 4.79 Å². The molecule has 29 heavy (non-hydrogen) atoms. The van der Waals surface area contributed by atoms with Gasteiger partial charge in [-0.2, -0.15) is 0 Å². The van der Waals surface area contributed by atoms with Crippen molar-refractivity contribution in [2.45, 2.75) is 13.5 Å². The van der Waals surface area contributed by atoms with Crippen LogP contribution in [0.4, 0.5) is 0 Å². The summed E-state index contributed by atoms with van der Waals surface area (Å²) in [6.07, 6.45) is 1.79. The van der Waals surface area contributed by atoms with Crippen molar-refractivity contribution in [3.05, 3.63) is 62.7 Å². The third kappa shape index (κ3) is 4.57. The van der Waals surface area contributed by atoms with Gasteiger partial charge < -0.3 is 14.4 Å². The maximum atomic E-state index is 12.6. The van der Waals surface area contributed by atoms with E-state index < -0.39 is 0 Å². The van der Waals surface area contributed by atoms with E-state index in [4.69, 9.17) is 33.3 Å². The Morgan fingerprint density at radius 2 is 2.03 bits per heavy atom. The Labute approximate surface area is 189 Å². The molecule has 0 aromatic heterocycles. The van der Waals surface area contributed by atoms with Gasteiger partial charge in [0.25, 0.3) is 5.91 Å². The molecule has 1 saturated heterocycles. The van der Waals surface area contributed by atoms with Gasteiger partial charge in [-0.3, -0.25) is 9.69 Å². The van der Waals surface area contributed by atoms with Gasteiger partial charge in [-0.15, -0.1) is 0 Å². The number of carbonyl (C=O) groups is 1. The number of methoxy groups -OCH3 is 1. The number of likely N-dealkylation sites (N-methyl/N-ethyl adjacent to an activating group) is 2. The molecular weight excluding hydrogens is 476 g/mol. The number of benzene rings is 2. The molecule has 0 atom stereocenters. The van der Waals surface area contributed by atoms with Gasteiger partial charge >= 0.3 is 0 Å². The lowest BCUT2D eigenvalue weighted by molar-refractivity contribution is -0.122. The SMILES string of the molecule is CCN1C(=O)/C(=C\c2cc(Br)c(OCc3cccc(Cl)c3)c(OC)c2)N(C)C1=S. The van der Waals surface area contributed by atoms with Crippen molar-refractivity contribution < 1.29 is 14.3 Å². The molecular formula is C21H20BrClN2O3S. The van der Waals surface area contributed by atoms with E-state index in [0.717, 1.165) is 11.1 Å². The molecule has 1 amide bonds. The zero-order valence-electron chi connectivity index (χ0n) is 16.2. The van der Waals surface area contributed by atoms with Crippen LogP contribution >= 0.6 is 39.7 Å². The minimum Gasteiger partial charge on any atom is -0.493 e. The standard InChI is InChI=1S/C21H20BrClN2O3S/c1-4-25-20(26)17(24(2)21(25)29)10-14-9-16(22)19(18(11-14)27-3)28-12-13-6-5-7-15(23)8-13/h5-11H,4,12H2,1-3H3/b17-10+. The predicted octanol–water partition coefficient (Wildman–Crippen LogP) is 5.11. The van der Waals surface area contributed by atoms with Crippen LogP contribution in [0.1, 0.15) is 18.1 Å². The molecule has 2 aromatic rings. The Kier molecular flexibility index (Phi) is 6.82. The van der Waals surface area contributed by atoms with Crippen LogP contribution < -0.4 is 9.47 Å². The summed E-state index contributed by atoms with van der Waals surface area (Å²) in [6, 6.07) is 11.2. The van der Waals surface area contributed by atoms with Crippen molar-refractivity contribution in [3.63, 3.8) is 0 Å². The largest absolute Gasteiger partial charge is 0.493 e. The first-order chi connectivity index (χ1) is 13.8. The minimum absolute atomic E-state index is 0.114. The Morgan fingerprint density at radius 3 is 2.66 bits per heavy atom. The van der Waals surface area contributed by atoms with Crippen molar-refractivity contribution >= 4 is 56.8 Å². The van der Waals surface area contributed by atoms with Crippen LogP contribution in [-0.2, 0) is 11.4 Å². The number of halogens is 2. The summed E-state index contributed by atoms with van der Waals surface area (Å²) in [4.78, 5) is 15.9. The Hall–Kier alpha value is -2.09. The van der Waals surface area contributed by atoms with Gasteiger partial charge in [0.1, 0.15) is 12.3 Å². The Morgan fingerprint density at radius 1 is 1.28 bits per heavy atom. The van der Waals surface area contributed by atoms with Crippen molar-refractivity contribution in [1.29, 1.82) is 0 Å². The summed E-state index contributed by atoms with van der Waals surface area (Å²) >= 11 is 14.9. The molecule has 0 spiro atoms. The first-order valence-corrected chi connectivity index (χ1v) is 10.5. The molecule has 0 saturated carbocycles. The summed E-state index contributed by atoms with van der Waals surface area (Å²) < 4.78 is 12.2. The number of amides is 1. The van der Waals surface area contributed by atoms with E-state index in [0.29, 0.717) is 45.0 Å². The Balaban J connectivity index is 1.88. The van der Waals surface area contributed by atoms with Gasteiger partial charge in [0.15, 0.2) is 16.6 Å². The number of rotatable bonds is 6. The van der Waals surface area contributed by atoms with Crippen LogP contribution in [0.15, 0.2) is 46.6 Å². The zero-order chi connectivity index (χ0) is 21.1. The fraction of sp³-hybridized carbons (Fsp3) is 0.238. The lowest BCUT2D eigenvalue weighted by atomic mass is 10.1. The molecule has 0 bridgehead atoms. The van der Waals surface area contributed by atoms with Crippen molar-refractivity contribution in [2.75, 3.05) is 20.7 Å². The number of thiocarbonyl (C=S) groups is 1. The van der Waals surface area contributed by atoms with E-state index in [2.05, 4.69) is 15.9 Å². The van der Waals surface area contributed by atoms with Crippen LogP contribution in [0.2, 0.25) is 5.02 Å². The van der Waals surface area contributed by atoms with Gasteiger partial charge in [-0.1, -0.05) is 23.7 Å². The molecule has 2 aromatic carbocycles. The van der Waals surface area contributed by atoms with Crippen molar-refractivity contribution in [1.82, 2.24) is 9.80 Å². The van der Waals surface area contributed by atoms with Gasteiger partial charge in [-0.05, 0) is 76.5 Å². The third-order valence-electron chi connectivity index (χ3n) is 4.49. The highest BCUT2D eigenvalue weighted by Crippen LogP contribution is 2.38. The van der Waals surface area contributed by atoms with Crippen LogP contribution in [-0.4, -0.2) is 41.5 Å². The fourth-order valence-corrected chi connectivity index (χ4v) is 4.09. The number of hydrogen-bond acceptors (Lipinski definition) is 4. The molecule has 1 aliphatic heterocycles. The molecule has 1 aliphatic rings. The average molecular weight is 496 g/mol. The molecule has 1 heterocycles. The van der Waals surface area contributed by atoms with Gasteiger partial charge in [0, 0.05) is 18.6 Å². The second-order valence-electron chi connectivity index (χ2n) is 6.37. The highest BCUT2D eigenvalue weighted by molar-refractivity contribution is 9.10. The van der Waals surface area contributed by atoms with E-state index in [1.165, 1.54) is 0 Å². The first kappa shape index (κ1) is 21.6. The van der Waals surface area contributed by atoms with Gasteiger partial charge in [0.2, 0.25) is 0 Å². The quantitative estimate of drug-likeness (QED) is 0.411. The maximum Gasteiger partial charge on any atom is 0.276 e. The fourth-order valence-electron chi connectivity index (χ4n) is 2.99. The number of ether oxygens (including phenoxy) is 2. The molecule has 0 aliphatic carbocycles. The molecule has 1 fully saturated rings. The highest BCUT2D eigenvalue weighted by Gasteiger charge is 2.34. The van der Waals surface area contributed by atoms with E-state index in [1.54, 1.807) is 30.0 Å². The van der Waals surface area contributed by atoms with Crippen molar-refractivity contribution in [2.24, 2.45) is 0 Å². The summed E-state index contributed by atoms with van der Waals surface area (Å²) in [5.41, 5.74) is 2.25. The monoisotopic (exact) mass is 494 g/mol. The second kappa shape index (κ2) is 9.15. The number of carbonyl (C=O) groups excluding carboxylic acids is 1. The normalized spacial score (nSPS) is 15.4. The van der Waals surface area contributed by atoms with Crippen LogP contribution in [0.3, 0.4) is 0 Å². The summed E-state index contributed by atoms with van der Waals surface area (Å²) in [6.45, 7) is 2.77. The molecule has 0 unspecified atom stereocenters. The molecule has 8 heteroatoms. The van der Waals surface area contributed by atoms with Gasteiger partial charge in [-0.25, -0.2) is 0 Å². The second-order valence-corrected chi connectivity index (χ2v) is 8.03. The summed E-state index contributed by atoms with van der Waals surface area (Å²) in [5, 5.41) is 1.15. The van der Waals surface area contributed by atoms with Crippen LogP contribution in [0.5, 0.6) is 11.5 Å². The minimum atomic E-state index is -0.114. The molecule has 5 nitrogen and oxygen atoms in total. The van der Waals surface area contributed by atoms with Crippen LogP contribution in [0.25, 0.3) is 6.08 Å². The first-order valence-electron chi connectivity index (χ1n) is 8.91. The molecule has 152 valence electrons. The highest BCUT2D eigenvalue weighted by atomic mass is 79.9. The van der Waals surface area contributed by atoms with Gasteiger partial charge in [0.05, 0.1) is 11.6 Å². The topological polar surface area (TPSA) is 42.0 Å². The number of nitrogens with zero attached hydrogens (tertiary/aromatic N) is 2. The zero-order valence-corrected chi connectivity index (χ0v) is 19.4. The predicted molar refractivity (Wildman–Crippen MR) is 122 cm³/mol. The molecule has 3 rings (SSSR count). The number of hydrogen-bond donors (Lipinski definition) is 0. The molecule has 0 N–H and O–H groups in total. The lowest BCUT2D eigenvalue weighted by Crippen LogP contribution is -2.30. The summed E-state index contributed by atoms with van der Waals surface area (Å²) in [7, 11) is 3.36. The van der Waals surface area contributed by atoms with E-state index in [-0.39, 0.29) is 5.91 Å². The maximum absolute atomic E-state index is 12.6. The lowest BCUT2D eigenvalue weighted by Gasteiger charge is -2.15. The third-order valence-corrected chi connectivity index (χ3v) is 5.81. The summed E-state index contributed by atoms with van der Waals surface area (Å²) in [5.74, 6) is 1.01. The Bertz CT molecular complexity index is 996. The molecule has 0 radical (unpaired) electrons. The smallest absolute Gasteiger partial charge is 0.276 e. The van der Waals surface area contributed by atoms with E-state index in [1.807, 2.05) is 43.3 Å². The average Bonchev–Trinajstić information content (AvgIpc) is 2.89. The van der Waals surface area contributed by atoms with E-state index >= 15 is 0 Å². The van der Waals surface area contributed by atoms with Crippen molar-refractivity contribution in [3.8, 4) is 11.5 Å². The van der Waals surface area contributed by atoms with Crippen LogP contribution in [0, 0.1) is 0 Å².